The summed E-state index contributed by atoms with van der Waals surface area (Å²) in [7, 11) is 0. The number of aliphatic hydroxyl groups excluding tert-OH is 4. The molecule has 0 spiro atoms. The smallest absolute Gasteiger partial charge is 0.262 e. The van der Waals surface area contributed by atoms with E-state index in [9.17, 15) is 19.8 Å². The van der Waals surface area contributed by atoms with E-state index in [-0.39, 0.29) is 12.1 Å². The number of nitrogens with zero attached hydrogens (tertiary/aromatic N) is 1. The van der Waals surface area contributed by atoms with Crippen LogP contribution in [0.5, 0.6) is 0 Å². The van der Waals surface area contributed by atoms with E-state index in [2.05, 4.69) is 15.1 Å². The second-order valence-corrected chi connectivity index (χ2v) is 4.57. The Hall–Kier alpha value is -2.11. The average Bonchev–Trinajstić information content (AvgIpc) is 2.58. The van der Waals surface area contributed by atoms with Gasteiger partial charge in [-0.05, 0) is 12.1 Å². The first-order chi connectivity index (χ1) is 11.0. The molecule has 0 saturated heterocycles. The summed E-state index contributed by atoms with van der Waals surface area (Å²) < 4.78 is 0. The van der Waals surface area contributed by atoms with E-state index in [0.717, 1.165) is 0 Å². The van der Waals surface area contributed by atoms with Crippen LogP contribution in [0.3, 0.4) is 0 Å². The minimum Gasteiger partial charge on any atom is -0.394 e. The predicted molar refractivity (Wildman–Crippen MR) is 75.8 cm³/mol. The van der Waals surface area contributed by atoms with Crippen molar-refractivity contribution in [2.24, 2.45) is 0 Å². The third kappa shape index (κ3) is 6.67. The van der Waals surface area contributed by atoms with Crippen molar-refractivity contribution in [2.45, 2.75) is 18.3 Å². The van der Waals surface area contributed by atoms with E-state index in [1.165, 1.54) is 18.5 Å². The third-order valence-corrected chi connectivity index (χ3v) is 2.75. The fourth-order valence-corrected chi connectivity index (χ4v) is 1.47. The lowest BCUT2D eigenvalue weighted by molar-refractivity contribution is -0.142. The molecule has 0 bridgehead atoms. The van der Waals surface area contributed by atoms with Gasteiger partial charge in [0.05, 0.1) is 18.7 Å². The number of carbonyl (C=O) groups is 2. The van der Waals surface area contributed by atoms with Gasteiger partial charge in [0, 0.05) is 12.4 Å². The molecule has 23 heavy (non-hydrogen) atoms. The minimum absolute atomic E-state index is 0.290. The highest BCUT2D eigenvalue weighted by atomic mass is 16.7. The average molecular weight is 329 g/mol. The van der Waals surface area contributed by atoms with E-state index in [1.807, 2.05) is 5.48 Å². The van der Waals surface area contributed by atoms with Crippen LogP contribution in [0.2, 0.25) is 0 Å². The normalized spacial score (nSPS) is 14.6. The van der Waals surface area contributed by atoms with Gasteiger partial charge in [0.1, 0.15) is 24.9 Å². The zero-order valence-corrected chi connectivity index (χ0v) is 12.1. The summed E-state index contributed by atoms with van der Waals surface area (Å²) in [5.74, 6) is -1.18. The monoisotopic (exact) mass is 329 g/mol. The Morgan fingerprint density at radius 1 is 1.26 bits per heavy atom. The van der Waals surface area contributed by atoms with Crippen molar-refractivity contribution in [1.82, 2.24) is 15.8 Å². The first-order valence-corrected chi connectivity index (χ1v) is 6.69. The molecule has 6 N–H and O–H groups in total. The molecule has 0 aliphatic carbocycles. The standard InChI is InChI=1S/C13H19N3O7/c17-6-9(18)12(21)10(19)7-23-16-11(20)5-15-13(22)8-2-1-3-14-4-8/h1-4,9-10,12,17-19,21H,5-7H2,(H,15,22)(H,16,20)/t9-,10?,12-/m0/s1. The highest BCUT2D eigenvalue weighted by molar-refractivity contribution is 5.95. The van der Waals surface area contributed by atoms with Gasteiger partial charge in [-0.2, -0.15) is 0 Å². The number of hydrogen-bond acceptors (Lipinski definition) is 8. The van der Waals surface area contributed by atoms with Gasteiger partial charge in [-0.3, -0.25) is 19.4 Å². The molecule has 1 aromatic heterocycles. The lowest BCUT2D eigenvalue weighted by atomic mass is 10.1. The van der Waals surface area contributed by atoms with Crippen LogP contribution in [0.25, 0.3) is 0 Å². The van der Waals surface area contributed by atoms with Gasteiger partial charge >= 0.3 is 0 Å². The SMILES string of the molecule is O=C(CNC(=O)c1cccnc1)NOCC(O)[C@@H](O)[C@@H](O)CO. The molecule has 0 aliphatic rings. The lowest BCUT2D eigenvalue weighted by Crippen LogP contribution is -2.44. The van der Waals surface area contributed by atoms with E-state index in [0.29, 0.717) is 0 Å². The third-order valence-electron chi connectivity index (χ3n) is 2.75. The summed E-state index contributed by atoms with van der Waals surface area (Å²) in [4.78, 5) is 31.5. The molecule has 10 heteroatoms. The number of aliphatic hydroxyl groups is 4. The quantitative estimate of drug-likeness (QED) is 0.260. The molecule has 0 aromatic carbocycles. The molecule has 1 rings (SSSR count). The number of pyridine rings is 1. The van der Waals surface area contributed by atoms with E-state index in [1.54, 1.807) is 6.07 Å². The summed E-state index contributed by atoms with van der Waals surface area (Å²) in [5, 5.41) is 38.8. The van der Waals surface area contributed by atoms with E-state index in [4.69, 9.17) is 10.2 Å². The predicted octanol–water partition coefficient (Wildman–Crippen LogP) is -3.07. The van der Waals surface area contributed by atoms with Crippen molar-refractivity contribution in [3.05, 3.63) is 30.1 Å². The molecule has 0 saturated carbocycles. The molecule has 2 amide bonds. The topological polar surface area (TPSA) is 161 Å². The summed E-state index contributed by atoms with van der Waals surface area (Å²) >= 11 is 0. The number of hydrogen-bond donors (Lipinski definition) is 6. The van der Waals surface area contributed by atoms with Gasteiger partial charge in [0.25, 0.3) is 11.8 Å². The second-order valence-electron chi connectivity index (χ2n) is 4.57. The Balaban J connectivity index is 2.23. The number of amides is 2. The second kappa shape index (κ2) is 9.82. The highest BCUT2D eigenvalue weighted by Gasteiger charge is 2.24. The summed E-state index contributed by atoms with van der Waals surface area (Å²) in [5.41, 5.74) is 2.24. The highest BCUT2D eigenvalue weighted by Crippen LogP contribution is 2.00. The molecule has 0 radical (unpaired) electrons. The van der Waals surface area contributed by atoms with Crippen molar-refractivity contribution < 1.29 is 34.9 Å². The molecular weight excluding hydrogens is 310 g/mol. The number of carbonyl (C=O) groups excluding carboxylic acids is 2. The van der Waals surface area contributed by atoms with Gasteiger partial charge in [-0.15, -0.1) is 0 Å². The lowest BCUT2D eigenvalue weighted by Gasteiger charge is -2.21. The Morgan fingerprint density at radius 2 is 2.00 bits per heavy atom. The van der Waals surface area contributed by atoms with Crippen LogP contribution in [0.4, 0.5) is 0 Å². The zero-order valence-electron chi connectivity index (χ0n) is 12.1. The number of aromatic nitrogens is 1. The first-order valence-electron chi connectivity index (χ1n) is 6.69. The Morgan fingerprint density at radius 3 is 2.61 bits per heavy atom. The molecule has 1 heterocycles. The van der Waals surface area contributed by atoms with Gasteiger partial charge < -0.3 is 25.7 Å². The van der Waals surface area contributed by atoms with Crippen molar-refractivity contribution in [1.29, 1.82) is 0 Å². The van der Waals surface area contributed by atoms with Crippen LogP contribution in [0.15, 0.2) is 24.5 Å². The molecule has 1 aromatic rings. The van der Waals surface area contributed by atoms with Crippen LogP contribution in [0, 0.1) is 0 Å². The maximum absolute atomic E-state index is 11.6. The van der Waals surface area contributed by atoms with Crippen LogP contribution in [-0.2, 0) is 9.63 Å². The Bertz CT molecular complexity index is 500. The summed E-state index contributed by atoms with van der Waals surface area (Å²) in [6.07, 6.45) is -1.81. The van der Waals surface area contributed by atoms with E-state index < -0.39 is 43.3 Å². The molecule has 0 aliphatic heterocycles. The minimum atomic E-state index is -1.62. The fourth-order valence-electron chi connectivity index (χ4n) is 1.47. The molecule has 0 fully saturated rings. The van der Waals surface area contributed by atoms with E-state index >= 15 is 0 Å². The maximum Gasteiger partial charge on any atom is 0.262 e. The largest absolute Gasteiger partial charge is 0.394 e. The summed E-state index contributed by atoms with van der Waals surface area (Å²) in [6, 6.07) is 3.10. The maximum atomic E-state index is 11.6. The number of rotatable bonds is 9. The van der Waals surface area contributed by atoms with Crippen molar-refractivity contribution in [3.63, 3.8) is 0 Å². The Labute approximate surface area is 131 Å². The van der Waals surface area contributed by atoms with Crippen molar-refractivity contribution in [3.8, 4) is 0 Å². The van der Waals surface area contributed by atoms with Crippen molar-refractivity contribution >= 4 is 11.8 Å². The van der Waals surface area contributed by atoms with Gasteiger partial charge in [-0.25, -0.2) is 5.48 Å². The summed E-state index contributed by atoms with van der Waals surface area (Å²) in [6.45, 7) is -1.61. The van der Waals surface area contributed by atoms with Crippen molar-refractivity contribution in [2.75, 3.05) is 19.8 Å². The number of nitrogens with one attached hydrogen (secondary N) is 2. The number of hydroxylamine groups is 1. The molecule has 1 unspecified atom stereocenters. The van der Waals surface area contributed by atoms with Gasteiger partial charge in [0.15, 0.2) is 0 Å². The van der Waals surface area contributed by atoms with Gasteiger partial charge in [-0.1, -0.05) is 0 Å². The van der Waals surface area contributed by atoms with Crippen LogP contribution >= 0.6 is 0 Å². The van der Waals surface area contributed by atoms with Crippen LogP contribution < -0.4 is 10.8 Å². The molecule has 128 valence electrons. The zero-order chi connectivity index (χ0) is 17.2. The van der Waals surface area contributed by atoms with Crippen LogP contribution in [0.1, 0.15) is 10.4 Å². The van der Waals surface area contributed by atoms with Crippen LogP contribution in [-0.4, -0.2) is 75.3 Å². The molecular formula is C13H19N3O7. The Kier molecular flexibility index (Phi) is 8.08. The van der Waals surface area contributed by atoms with Gasteiger partial charge in [0.2, 0.25) is 0 Å². The molecule has 3 atom stereocenters. The first kappa shape index (κ1) is 18.9. The molecule has 10 nitrogen and oxygen atoms in total. The fraction of sp³-hybridized carbons (Fsp3) is 0.462.